The first-order valence-corrected chi connectivity index (χ1v) is 10.9. The second-order valence-electron chi connectivity index (χ2n) is 8.29. The summed E-state index contributed by atoms with van der Waals surface area (Å²) in [5.41, 5.74) is 0.0342. The second kappa shape index (κ2) is 9.68. The van der Waals surface area contributed by atoms with Crippen LogP contribution < -0.4 is 5.32 Å². The van der Waals surface area contributed by atoms with E-state index in [0.717, 1.165) is 12.8 Å². The van der Waals surface area contributed by atoms with E-state index >= 15 is 0 Å². The third-order valence-corrected chi connectivity index (χ3v) is 4.12. The number of hydrogen-bond acceptors (Lipinski definition) is 2. The minimum absolute atomic E-state index is 0. The standard InChI is InChI=1S/C15H35N2OSi.CH3.Co/c1-12(10-13(2)18)16-14(3,4)11-15(5,6)17-19(7,8)9;;/h12-13,16,18H,10-11H2,1-9H3;1H3;/q2*-1;+2. The van der Waals surface area contributed by atoms with Crippen molar-refractivity contribution in [1.29, 1.82) is 0 Å². The van der Waals surface area contributed by atoms with Gasteiger partial charge in [0.25, 0.3) is 0 Å². The Balaban J connectivity index is -0.00000162. The van der Waals surface area contributed by atoms with Gasteiger partial charge in [-0.15, -0.1) is 5.54 Å². The van der Waals surface area contributed by atoms with E-state index in [0.29, 0.717) is 6.04 Å². The van der Waals surface area contributed by atoms with Crippen molar-refractivity contribution in [2.24, 2.45) is 0 Å². The maximum absolute atomic E-state index is 9.45. The zero-order chi connectivity index (χ0) is 15.5. The molecule has 0 fully saturated rings. The van der Waals surface area contributed by atoms with Crippen LogP contribution in [0.4, 0.5) is 0 Å². The molecule has 0 aromatic carbocycles. The topological polar surface area (TPSA) is 46.4 Å². The van der Waals surface area contributed by atoms with Gasteiger partial charge in [0, 0.05) is 11.6 Å². The van der Waals surface area contributed by atoms with Gasteiger partial charge in [-0.1, -0.05) is 41.7 Å². The first kappa shape index (κ1) is 26.5. The molecule has 5 heteroatoms. The van der Waals surface area contributed by atoms with E-state index < -0.39 is 8.24 Å². The molecule has 21 heavy (non-hydrogen) atoms. The van der Waals surface area contributed by atoms with Crippen LogP contribution in [0.1, 0.15) is 54.4 Å². The predicted molar refractivity (Wildman–Crippen MR) is 94.8 cm³/mol. The maximum Gasteiger partial charge on any atom is 2.00 e. The van der Waals surface area contributed by atoms with E-state index in [1.54, 1.807) is 0 Å². The Morgan fingerprint density at radius 3 is 1.86 bits per heavy atom. The molecule has 0 amide bonds. The fraction of sp³-hybridized carbons (Fsp3) is 0.938. The summed E-state index contributed by atoms with van der Waals surface area (Å²) in [5, 5.41) is 13.1. The molecule has 0 aliphatic rings. The molecule has 0 saturated heterocycles. The van der Waals surface area contributed by atoms with Gasteiger partial charge >= 0.3 is 16.8 Å². The average molecular weight is 362 g/mol. The van der Waals surface area contributed by atoms with Crippen LogP contribution in [0.5, 0.6) is 0 Å². The molecule has 1 radical (unpaired) electrons. The van der Waals surface area contributed by atoms with E-state index in [2.05, 4.69) is 59.6 Å². The Morgan fingerprint density at radius 2 is 1.52 bits per heavy atom. The normalized spacial score (nSPS) is 15.7. The van der Waals surface area contributed by atoms with Crippen molar-refractivity contribution in [3.8, 4) is 0 Å². The number of nitrogens with zero attached hydrogens (tertiary/aromatic N) is 1. The molecule has 2 atom stereocenters. The Kier molecular flexibility index (Phi) is 12.2. The van der Waals surface area contributed by atoms with E-state index in [-0.39, 0.29) is 41.4 Å². The molecule has 0 aromatic rings. The van der Waals surface area contributed by atoms with Gasteiger partial charge in [-0.2, -0.15) is 0 Å². The van der Waals surface area contributed by atoms with E-state index in [4.69, 9.17) is 4.98 Å². The molecule has 0 aliphatic carbocycles. The average Bonchev–Trinajstić information content (AvgIpc) is 1.89. The van der Waals surface area contributed by atoms with Gasteiger partial charge in [0.2, 0.25) is 0 Å². The molecular formula is C16H38CoN2OSi. The molecule has 0 spiro atoms. The molecule has 0 rings (SSSR count). The first-order valence-electron chi connectivity index (χ1n) is 7.42. The van der Waals surface area contributed by atoms with Gasteiger partial charge in [0.05, 0.1) is 6.10 Å². The smallest absolute Gasteiger partial charge is 0.660 e. The van der Waals surface area contributed by atoms with Crippen molar-refractivity contribution < 1.29 is 21.9 Å². The first-order chi connectivity index (χ1) is 8.22. The zero-order valence-corrected chi connectivity index (χ0v) is 17.8. The summed E-state index contributed by atoms with van der Waals surface area (Å²) in [6.45, 7) is 19.7. The van der Waals surface area contributed by atoms with Crippen LogP contribution in [0.3, 0.4) is 0 Å². The second-order valence-corrected chi connectivity index (χ2v) is 12.9. The van der Waals surface area contributed by atoms with Gasteiger partial charge in [-0.25, -0.2) is 0 Å². The van der Waals surface area contributed by atoms with Gasteiger partial charge in [0.15, 0.2) is 0 Å². The van der Waals surface area contributed by atoms with Crippen molar-refractivity contribution in [3.05, 3.63) is 12.4 Å². The number of rotatable bonds is 8. The van der Waals surface area contributed by atoms with Gasteiger partial charge in [0.1, 0.15) is 0 Å². The fourth-order valence-electron chi connectivity index (χ4n) is 3.32. The van der Waals surface area contributed by atoms with Crippen molar-refractivity contribution in [2.45, 2.75) is 97.2 Å². The van der Waals surface area contributed by atoms with Crippen LogP contribution in [-0.2, 0) is 16.8 Å². The maximum atomic E-state index is 9.45. The molecule has 0 bridgehead atoms. The number of aliphatic hydroxyl groups is 1. The van der Waals surface area contributed by atoms with Crippen LogP contribution in [0.2, 0.25) is 19.6 Å². The van der Waals surface area contributed by atoms with Gasteiger partial charge in [-0.3, -0.25) is 0 Å². The molecule has 3 nitrogen and oxygen atoms in total. The molecule has 2 N–H and O–H groups in total. The molecule has 0 saturated carbocycles. The van der Waals surface area contributed by atoms with Crippen LogP contribution in [0, 0.1) is 7.43 Å². The number of hydrogen-bond donors (Lipinski definition) is 2. The molecule has 131 valence electrons. The summed E-state index contributed by atoms with van der Waals surface area (Å²) < 4.78 is 0. The number of nitrogens with one attached hydrogen (secondary N) is 1. The minimum atomic E-state index is -1.40. The van der Waals surface area contributed by atoms with E-state index in [1.807, 2.05) is 6.92 Å². The molecular weight excluding hydrogens is 323 g/mol. The summed E-state index contributed by atoms with van der Waals surface area (Å²) in [4.78, 5) is 5.04. The van der Waals surface area contributed by atoms with Crippen LogP contribution in [0.25, 0.3) is 4.98 Å². The third kappa shape index (κ3) is 15.3. The van der Waals surface area contributed by atoms with Crippen LogP contribution in [0.15, 0.2) is 0 Å². The van der Waals surface area contributed by atoms with Crippen molar-refractivity contribution in [1.82, 2.24) is 5.32 Å². The quantitative estimate of drug-likeness (QED) is 0.499. The van der Waals surface area contributed by atoms with E-state index in [1.165, 1.54) is 0 Å². The van der Waals surface area contributed by atoms with Crippen molar-refractivity contribution in [3.63, 3.8) is 0 Å². The Labute approximate surface area is 145 Å². The summed E-state index contributed by atoms with van der Waals surface area (Å²) in [7, 11) is -1.40. The predicted octanol–water partition coefficient (Wildman–Crippen LogP) is 4.34. The Morgan fingerprint density at radius 1 is 1.10 bits per heavy atom. The number of aliphatic hydroxyl groups excluding tert-OH is 1. The van der Waals surface area contributed by atoms with Crippen LogP contribution >= 0.6 is 0 Å². The molecule has 2 unspecified atom stereocenters. The Hall–Kier alpha value is 0.603. The summed E-state index contributed by atoms with van der Waals surface area (Å²) in [5.74, 6) is 0. The minimum Gasteiger partial charge on any atom is -0.660 e. The summed E-state index contributed by atoms with van der Waals surface area (Å²) in [6, 6.07) is 0.317. The van der Waals surface area contributed by atoms with Crippen molar-refractivity contribution >= 4 is 8.24 Å². The van der Waals surface area contributed by atoms with E-state index in [9.17, 15) is 5.11 Å². The zero-order valence-electron chi connectivity index (χ0n) is 15.8. The van der Waals surface area contributed by atoms with Gasteiger partial charge in [-0.05, 0) is 40.5 Å². The van der Waals surface area contributed by atoms with Crippen LogP contribution in [-0.4, -0.2) is 36.6 Å². The summed E-state index contributed by atoms with van der Waals surface area (Å²) in [6.07, 6.45) is 1.54. The monoisotopic (exact) mass is 361 g/mol. The molecule has 0 heterocycles. The fourth-order valence-corrected chi connectivity index (χ4v) is 5.21. The molecule has 0 aromatic heterocycles. The molecule has 0 aliphatic heterocycles. The SMILES string of the molecule is CC(O)CC(C)NC(C)(C)CC(C)(C)[N-][Si](C)(C)C.[CH3-].[Co+2]. The summed E-state index contributed by atoms with van der Waals surface area (Å²) >= 11 is 0. The Bertz CT molecular complexity index is 276. The third-order valence-electron chi connectivity index (χ3n) is 2.84. The van der Waals surface area contributed by atoms with Crippen molar-refractivity contribution in [2.75, 3.05) is 0 Å². The largest absolute Gasteiger partial charge is 2.00 e. The van der Waals surface area contributed by atoms with Gasteiger partial charge < -0.3 is 22.8 Å².